The van der Waals surface area contributed by atoms with Crippen molar-refractivity contribution in [1.29, 1.82) is 0 Å². The first-order valence-electron chi connectivity index (χ1n) is 14.3. The second-order valence-corrected chi connectivity index (χ2v) is 12.0. The molecule has 0 unspecified atom stereocenters. The zero-order valence-electron chi connectivity index (χ0n) is 23.1. The number of nitrogens with two attached hydrogens (primary N) is 1. The SMILES string of the molecule is CC(C)(N)c1ccc(-c2cnc(NC(=O)C[C@H]3CC[C@H](NC(=O)CC4CC4)CC3)cc2-c2ccccc2)cc1. The maximum Gasteiger partial charge on any atom is 0.225 e. The topological polar surface area (TPSA) is 97.1 Å². The fraction of sp³-hybridized carbons (Fsp3) is 0.424. The number of anilines is 1. The maximum atomic E-state index is 13.0. The van der Waals surface area contributed by atoms with Gasteiger partial charge >= 0.3 is 0 Å². The fourth-order valence-corrected chi connectivity index (χ4v) is 5.53. The van der Waals surface area contributed by atoms with Gasteiger partial charge < -0.3 is 16.4 Å². The predicted molar refractivity (Wildman–Crippen MR) is 157 cm³/mol. The lowest BCUT2D eigenvalue weighted by molar-refractivity contribution is -0.122. The van der Waals surface area contributed by atoms with Gasteiger partial charge in [0.05, 0.1) is 0 Å². The predicted octanol–water partition coefficient (Wildman–Crippen LogP) is 6.41. The number of aromatic nitrogens is 1. The largest absolute Gasteiger partial charge is 0.353 e. The highest BCUT2D eigenvalue weighted by molar-refractivity contribution is 5.92. The lowest BCUT2D eigenvalue weighted by Crippen LogP contribution is -2.38. The van der Waals surface area contributed by atoms with Crippen LogP contribution in [0.5, 0.6) is 0 Å². The summed E-state index contributed by atoms with van der Waals surface area (Å²) in [7, 11) is 0. The number of nitrogens with zero attached hydrogens (tertiary/aromatic N) is 1. The standard InChI is InChI=1S/C33H40N4O2/c1-33(2,34)26-14-12-25(13-15-26)29-21-35-30(20-28(29)24-6-4-3-5-7-24)37-32(39)19-23-10-16-27(17-11-23)36-31(38)18-22-8-9-22/h3-7,12-15,20-23,27H,8-11,16-19,34H2,1-2H3,(H,36,38)(H,35,37,39)/t23-,27-. The van der Waals surface area contributed by atoms with Crippen molar-refractivity contribution < 1.29 is 9.59 Å². The molecule has 3 aromatic rings. The van der Waals surface area contributed by atoms with Gasteiger partial charge in [-0.05, 0) is 92.5 Å². The Hall–Kier alpha value is -3.51. The highest BCUT2D eigenvalue weighted by atomic mass is 16.2. The minimum absolute atomic E-state index is 0.00925. The molecule has 0 aliphatic heterocycles. The van der Waals surface area contributed by atoms with E-state index in [1.165, 1.54) is 12.8 Å². The van der Waals surface area contributed by atoms with Gasteiger partial charge in [0, 0.05) is 36.2 Å². The Labute approximate surface area is 231 Å². The van der Waals surface area contributed by atoms with Gasteiger partial charge in [0.25, 0.3) is 0 Å². The summed E-state index contributed by atoms with van der Waals surface area (Å²) in [4.78, 5) is 29.7. The minimum atomic E-state index is -0.406. The molecule has 0 atom stereocenters. The van der Waals surface area contributed by atoms with E-state index in [-0.39, 0.29) is 17.9 Å². The molecule has 0 saturated heterocycles. The van der Waals surface area contributed by atoms with E-state index in [1.54, 1.807) is 0 Å². The normalized spacial score (nSPS) is 19.4. The van der Waals surface area contributed by atoms with Crippen LogP contribution in [0.3, 0.4) is 0 Å². The van der Waals surface area contributed by atoms with Gasteiger partial charge in [0.2, 0.25) is 11.8 Å². The van der Waals surface area contributed by atoms with Crippen molar-refractivity contribution in [2.45, 2.75) is 76.8 Å². The zero-order chi connectivity index (χ0) is 27.4. The van der Waals surface area contributed by atoms with Gasteiger partial charge in [-0.25, -0.2) is 4.98 Å². The molecule has 0 spiro atoms. The molecule has 2 aliphatic rings. The Bertz CT molecular complexity index is 1290. The number of pyridine rings is 1. The van der Waals surface area contributed by atoms with Crippen molar-refractivity contribution in [3.05, 3.63) is 72.4 Å². The molecule has 2 fully saturated rings. The first-order valence-corrected chi connectivity index (χ1v) is 14.3. The summed E-state index contributed by atoms with van der Waals surface area (Å²) in [5, 5.41) is 6.24. The van der Waals surface area contributed by atoms with Crippen LogP contribution in [0.25, 0.3) is 22.3 Å². The molecular weight excluding hydrogens is 484 g/mol. The van der Waals surface area contributed by atoms with Crippen molar-refractivity contribution in [3.8, 4) is 22.3 Å². The summed E-state index contributed by atoms with van der Waals surface area (Å²) in [6, 6.07) is 20.7. The summed E-state index contributed by atoms with van der Waals surface area (Å²) >= 11 is 0. The van der Waals surface area contributed by atoms with Crippen molar-refractivity contribution >= 4 is 17.6 Å². The molecule has 6 heteroatoms. The highest BCUT2D eigenvalue weighted by Gasteiger charge is 2.28. The second-order valence-electron chi connectivity index (χ2n) is 12.0. The van der Waals surface area contributed by atoms with Crippen molar-refractivity contribution in [2.24, 2.45) is 17.6 Å². The molecule has 39 heavy (non-hydrogen) atoms. The van der Waals surface area contributed by atoms with E-state index in [1.807, 2.05) is 44.3 Å². The van der Waals surface area contributed by atoms with Crippen LogP contribution in [-0.4, -0.2) is 22.8 Å². The smallest absolute Gasteiger partial charge is 0.225 e. The van der Waals surface area contributed by atoms with Crippen LogP contribution in [0.1, 0.15) is 70.8 Å². The Morgan fingerprint density at radius 3 is 2.03 bits per heavy atom. The van der Waals surface area contributed by atoms with E-state index in [9.17, 15) is 9.59 Å². The maximum absolute atomic E-state index is 13.0. The number of hydrogen-bond donors (Lipinski definition) is 3. The quantitative estimate of drug-likeness (QED) is 0.301. The fourth-order valence-electron chi connectivity index (χ4n) is 5.53. The number of carbonyl (C=O) groups excluding carboxylic acids is 2. The van der Waals surface area contributed by atoms with Gasteiger partial charge in [-0.3, -0.25) is 9.59 Å². The Morgan fingerprint density at radius 2 is 1.41 bits per heavy atom. The lowest BCUT2D eigenvalue weighted by Gasteiger charge is -2.28. The molecule has 2 amide bonds. The minimum Gasteiger partial charge on any atom is -0.353 e. The van der Waals surface area contributed by atoms with E-state index >= 15 is 0 Å². The van der Waals surface area contributed by atoms with Crippen LogP contribution >= 0.6 is 0 Å². The molecule has 2 aliphatic carbocycles. The van der Waals surface area contributed by atoms with E-state index in [0.29, 0.717) is 30.5 Å². The summed E-state index contributed by atoms with van der Waals surface area (Å²) in [6.07, 6.45) is 9.19. The summed E-state index contributed by atoms with van der Waals surface area (Å²) in [6.45, 7) is 3.99. The molecule has 6 nitrogen and oxygen atoms in total. The van der Waals surface area contributed by atoms with Gasteiger partial charge in [-0.1, -0.05) is 54.6 Å². The average molecular weight is 525 g/mol. The van der Waals surface area contributed by atoms with E-state index in [4.69, 9.17) is 5.73 Å². The highest BCUT2D eigenvalue weighted by Crippen LogP contribution is 2.35. The Balaban J connectivity index is 1.23. The average Bonchev–Trinajstić information content (AvgIpc) is 3.74. The zero-order valence-corrected chi connectivity index (χ0v) is 23.1. The van der Waals surface area contributed by atoms with E-state index in [0.717, 1.165) is 53.5 Å². The number of rotatable bonds is 9. The lowest BCUT2D eigenvalue weighted by atomic mass is 9.84. The molecule has 0 radical (unpaired) electrons. The van der Waals surface area contributed by atoms with Crippen LogP contribution in [0, 0.1) is 11.8 Å². The van der Waals surface area contributed by atoms with Crippen LogP contribution in [0.15, 0.2) is 66.9 Å². The summed E-state index contributed by atoms with van der Waals surface area (Å²) in [5.41, 5.74) is 11.1. The molecule has 5 rings (SSSR count). The molecule has 1 heterocycles. The third kappa shape index (κ3) is 7.33. The third-order valence-electron chi connectivity index (χ3n) is 8.05. The van der Waals surface area contributed by atoms with Crippen molar-refractivity contribution in [2.75, 3.05) is 5.32 Å². The van der Waals surface area contributed by atoms with Crippen molar-refractivity contribution in [1.82, 2.24) is 10.3 Å². The summed E-state index contributed by atoms with van der Waals surface area (Å²) < 4.78 is 0. The van der Waals surface area contributed by atoms with Crippen LogP contribution in [-0.2, 0) is 15.1 Å². The molecule has 204 valence electrons. The first kappa shape index (κ1) is 27.1. The van der Waals surface area contributed by atoms with E-state index in [2.05, 4.69) is 52.0 Å². The number of hydrogen-bond acceptors (Lipinski definition) is 4. The molecule has 1 aromatic heterocycles. The summed E-state index contributed by atoms with van der Waals surface area (Å²) in [5.74, 6) is 1.69. The monoisotopic (exact) mass is 524 g/mol. The van der Waals surface area contributed by atoms with Gasteiger partial charge in [-0.2, -0.15) is 0 Å². The molecular formula is C33H40N4O2. The molecule has 2 saturated carbocycles. The van der Waals surface area contributed by atoms with Crippen molar-refractivity contribution in [3.63, 3.8) is 0 Å². The van der Waals surface area contributed by atoms with Crippen LogP contribution in [0.4, 0.5) is 5.82 Å². The molecule has 4 N–H and O–H groups in total. The third-order valence-corrected chi connectivity index (χ3v) is 8.05. The number of carbonyl (C=O) groups is 2. The van der Waals surface area contributed by atoms with Gasteiger partial charge in [0.15, 0.2) is 0 Å². The first-order chi connectivity index (χ1) is 18.7. The van der Waals surface area contributed by atoms with Gasteiger partial charge in [-0.15, -0.1) is 0 Å². The second kappa shape index (κ2) is 11.7. The molecule has 0 bridgehead atoms. The Kier molecular flexibility index (Phi) is 8.12. The number of nitrogens with one attached hydrogen (secondary N) is 2. The molecule has 2 aromatic carbocycles. The Morgan fingerprint density at radius 1 is 0.821 bits per heavy atom. The number of amides is 2. The van der Waals surface area contributed by atoms with Crippen LogP contribution < -0.4 is 16.4 Å². The van der Waals surface area contributed by atoms with E-state index < -0.39 is 5.54 Å². The van der Waals surface area contributed by atoms with Gasteiger partial charge in [0.1, 0.15) is 5.82 Å². The van der Waals surface area contributed by atoms with Crippen LogP contribution in [0.2, 0.25) is 0 Å². The number of benzene rings is 2.